The standard InChI is InChI=1S/C18H26N2O4/c1-11-7-5-6-8-15(11)19-17(22)13(3)24-18(23)16-9-14(12(2)21)10-20(16)4/h9-11,13,15H,5-8H2,1-4H3,(H,19,22)/t11-,13+,15-/m0/s1. The fourth-order valence-electron chi connectivity index (χ4n) is 3.07. The summed E-state index contributed by atoms with van der Waals surface area (Å²) in [6, 6.07) is 1.63. The molecule has 1 aromatic heterocycles. The van der Waals surface area contributed by atoms with Crippen LogP contribution in [-0.4, -0.2) is 34.4 Å². The number of ketones is 1. The quantitative estimate of drug-likeness (QED) is 0.663. The second-order valence-corrected chi connectivity index (χ2v) is 6.71. The summed E-state index contributed by atoms with van der Waals surface area (Å²) in [5.41, 5.74) is 0.698. The summed E-state index contributed by atoms with van der Waals surface area (Å²) in [6.45, 7) is 5.13. The number of aromatic nitrogens is 1. The highest BCUT2D eigenvalue weighted by Crippen LogP contribution is 2.23. The summed E-state index contributed by atoms with van der Waals surface area (Å²) < 4.78 is 6.80. The zero-order valence-corrected chi connectivity index (χ0v) is 14.8. The van der Waals surface area contributed by atoms with Gasteiger partial charge in [-0.15, -0.1) is 0 Å². The first kappa shape index (κ1) is 18.2. The number of esters is 1. The SMILES string of the molecule is CC(=O)c1cc(C(=O)O[C@H](C)C(=O)N[C@H]2CCCC[C@@H]2C)n(C)c1. The van der Waals surface area contributed by atoms with Crippen LogP contribution in [0.25, 0.3) is 0 Å². The number of nitrogens with one attached hydrogen (secondary N) is 1. The molecule has 1 saturated carbocycles. The topological polar surface area (TPSA) is 77.4 Å². The van der Waals surface area contributed by atoms with Crippen molar-refractivity contribution < 1.29 is 19.1 Å². The van der Waals surface area contributed by atoms with Gasteiger partial charge < -0.3 is 14.6 Å². The highest BCUT2D eigenvalue weighted by atomic mass is 16.5. The van der Waals surface area contributed by atoms with Crippen molar-refractivity contribution >= 4 is 17.7 Å². The number of hydrogen-bond donors (Lipinski definition) is 1. The third kappa shape index (κ3) is 4.24. The van der Waals surface area contributed by atoms with Gasteiger partial charge in [-0.2, -0.15) is 0 Å². The Balaban J connectivity index is 1.95. The summed E-state index contributed by atoms with van der Waals surface area (Å²) >= 11 is 0. The van der Waals surface area contributed by atoms with Crippen molar-refractivity contribution in [2.24, 2.45) is 13.0 Å². The van der Waals surface area contributed by atoms with Crippen molar-refractivity contribution in [3.05, 3.63) is 23.5 Å². The Bertz CT molecular complexity index is 635. The van der Waals surface area contributed by atoms with Gasteiger partial charge >= 0.3 is 5.97 Å². The minimum atomic E-state index is -0.873. The van der Waals surface area contributed by atoms with E-state index in [9.17, 15) is 14.4 Å². The molecule has 6 nitrogen and oxygen atoms in total. The monoisotopic (exact) mass is 334 g/mol. The predicted octanol–water partition coefficient (Wildman–Crippen LogP) is 2.47. The molecule has 24 heavy (non-hydrogen) atoms. The normalized spacial score (nSPS) is 21.8. The van der Waals surface area contributed by atoms with Crippen molar-refractivity contribution in [1.29, 1.82) is 0 Å². The molecule has 0 saturated heterocycles. The van der Waals surface area contributed by atoms with Gasteiger partial charge in [0.2, 0.25) is 0 Å². The third-order valence-corrected chi connectivity index (χ3v) is 4.71. The van der Waals surface area contributed by atoms with Crippen LogP contribution >= 0.6 is 0 Å². The van der Waals surface area contributed by atoms with Gasteiger partial charge in [-0.25, -0.2) is 4.79 Å². The van der Waals surface area contributed by atoms with Crippen LogP contribution < -0.4 is 5.32 Å². The highest BCUT2D eigenvalue weighted by Gasteiger charge is 2.27. The Morgan fingerprint density at radius 2 is 1.96 bits per heavy atom. The van der Waals surface area contributed by atoms with E-state index in [0.29, 0.717) is 11.5 Å². The number of carbonyl (C=O) groups is 3. The molecule has 1 aliphatic rings. The van der Waals surface area contributed by atoms with Gasteiger partial charge in [0.25, 0.3) is 5.91 Å². The molecule has 0 spiro atoms. The molecule has 0 radical (unpaired) electrons. The molecule has 0 bridgehead atoms. The molecule has 6 heteroatoms. The lowest BCUT2D eigenvalue weighted by atomic mass is 9.86. The molecular weight excluding hydrogens is 308 g/mol. The summed E-state index contributed by atoms with van der Waals surface area (Å²) in [4.78, 5) is 35.9. The lowest BCUT2D eigenvalue weighted by Gasteiger charge is -2.30. The van der Waals surface area contributed by atoms with Crippen LogP contribution in [0.3, 0.4) is 0 Å². The molecule has 1 aliphatic carbocycles. The van der Waals surface area contributed by atoms with Gasteiger partial charge in [-0.1, -0.05) is 19.8 Å². The van der Waals surface area contributed by atoms with Crippen LogP contribution in [0.4, 0.5) is 0 Å². The van der Waals surface area contributed by atoms with Gasteiger partial charge in [-0.05, 0) is 38.7 Å². The Morgan fingerprint density at radius 3 is 2.54 bits per heavy atom. The van der Waals surface area contributed by atoms with Gasteiger partial charge in [0.1, 0.15) is 5.69 Å². The van der Waals surface area contributed by atoms with Crippen molar-refractivity contribution in [1.82, 2.24) is 9.88 Å². The Kier molecular flexibility index (Phi) is 5.80. The first-order chi connectivity index (χ1) is 11.3. The van der Waals surface area contributed by atoms with E-state index in [1.54, 1.807) is 20.2 Å². The maximum Gasteiger partial charge on any atom is 0.355 e. The second kappa shape index (κ2) is 7.64. The Labute approximate surface area is 142 Å². The van der Waals surface area contributed by atoms with Gasteiger partial charge in [0.15, 0.2) is 11.9 Å². The van der Waals surface area contributed by atoms with E-state index in [4.69, 9.17) is 4.74 Å². The average Bonchev–Trinajstić information content (AvgIpc) is 2.91. The van der Waals surface area contributed by atoms with Gasteiger partial charge in [0.05, 0.1) is 0 Å². The van der Waals surface area contributed by atoms with E-state index in [1.165, 1.54) is 24.0 Å². The van der Waals surface area contributed by atoms with Crippen LogP contribution in [0.5, 0.6) is 0 Å². The van der Waals surface area contributed by atoms with Gasteiger partial charge in [0, 0.05) is 24.8 Å². The first-order valence-electron chi connectivity index (χ1n) is 8.48. The third-order valence-electron chi connectivity index (χ3n) is 4.71. The van der Waals surface area contributed by atoms with Gasteiger partial charge in [-0.3, -0.25) is 9.59 Å². The number of carbonyl (C=O) groups excluding carboxylic acids is 3. The number of nitrogens with zero attached hydrogens (tertiary/aromatic N) is 1. The zero-order chi connectivity index (χ0) is 17.9. The number of amides is 1. The molecule has 132 valence electrons. The number of Topliss-reactive ketones (excluding diaryl/α,β-unsaturated/α-hetero) is 1. The summed E-state index contributed by atoms with van der Waals surface area (Å²) in [7, 11) is 1.66. The molecule has 3 atom stereocenters. The van der Waals surface area contributed by atoms with Crippen LogP contribution in [0, 0.1) is 5.92 Å². The molecular formula is C18H26N2O4. The smallest absolute Gasteiger partial charge is 0.355 e. The molecule has 1 heterocycles. The first-order valence-corrected chi connectivity index (χ1v) is 8.48. The number of hydrogen-bond acceptors (Lipinski definition) is 4. The van der Waals surface area contributed by atoms with Crippen LogP contribution in [-0.2, 0) is 16.6 Å². The molecule has 1 fully saturated rings. The van der Waals surface area contributed by atoms with E-state index in [2.05, 4.69) is 12.2 Å². The Hall–Kier alpha value is -2.11. The van der Waals surface area contributed by atoms with E-state index in [-0.39, 0.29) is 23.4 Å². The van der Waals surface area contributed by atoms with E-state index in [0.717, 1.165) is 19.3 Å². The van der Waals surface area contributed by atoms with E-state index >= 15 is 0 Å². The lowest BCUT2D eigenvalue weighted by molar-refractivity contribution is -0.130. The molecule has 2 rings (SSSR count). The van der Waals surface area contributed by atoms with Crippen LogP contribution in [0.1, 0.15) is 67.3 Å². The highest BCUT2D eigenvalue weighted by molar-refractivity contribution is 5.98. The van der Waals surface area contributed by atoms with Crippen molar-refractivity contribution in [3.63, 3.8) is 0 Å². The minimum Gasteiger partial charge on any atom is -0.448 e. The summed E-state index contributed by atoms with van der Waals surface area (Å²) in [6.07, 6.45) is 5.09. The summed E-state index contributed by atoms with van der Waals surface area (Å²) in [5, 5.41) is 2.99. The second-order valence-electron chi connectivity index (χ2n) is 6.71. The molecule has 1 amide bonds. The lowest BCUT2D eigenvalue weighted by Crippen LogP contribution is -2.46. The molecule has 0 aromatic carbocycles. The van der Waals surface area contributed by atoms with Crippen molar-refractivity contribution in [2.75, 3.05) is 0 Å². The number of ether oxygens (including phenoxy) is 1. The molecule has 1 aromatic rings. The van der Waals surface area contributed by atoms with Crippen molar-refractivity contribution in [2.45, 2.75) is 58.6 Å². The number of aryl methyl sites for hydroxylation is 1. The minimum absolute atomic E-state index is 0.123. The fourth-order valence-corrected chi connectivity index (χ4v) is 3.07. The maximum absolute atomic E-state index is 12.3. The van der Waals surface area contributed by atoms with E-state index < -0.39 is 12.1 Å². The van der Waals surface area contributed by atoms with Crippen LogP contribution in [0.15, 0.2) is 12.3 Å². The van der Waals surface area contributed by atoms with E-state index in [1.807, 2.05) is 0 Å². The molecule has 1 N–H and O–H groups in total. The zero-order valence-electron chi connectivity index (χ0n) is 14.8. The molecule has 0 aliphatic heterocycles. The number of rotatable bonds is 5. The predicted molar refractivity (Wildman–Crippen MR) is 89.9 cm³/mol. The molecule has 0 unspecified atom stereocenters. The summed E-state index contributed by atoms with van der Waals surface area (Å²) in [5.74, 6) is -0.564. The van der Waals surface area contributed by atoms with Crippen molar-refractivity contribution in [3.8, 4) is 0 Å². The maximum atomic E-state index is 12.3. The fraction of sp³-hybridized carbons (Fsp3) is 0.611. The van der Waals surface area contributed by atoms with Crippen LogP contribution in [0.2, 0.25) is 0 Å². The largest absolute Gasteiger partial charge is 0.448 e. The Morgan fingerprint density at radius 1 is 1.29 bits per heavy atom. The average molecular weight is 334 g/mol.